The summed E-state index contributed by atoms with van der Waals surface area (Å²) in [7, 11) is 2.00. The first-order chi connectivity index (χ1) is 9.56. The smallest absolute Gasteiger partial charge is 0.151 e. The van der Waals surface area contributed by atoms with Crippen LogP contribution in [0.3, 0.4) is 0 Å². The average molecular weight is 270 g/mol. The van der Waals surface area contributed by atoms with Crippen molar-refractivity contribution in [2.24, 2.45) is 0 Å². The summed E-state index contributed by atoms with van der Waals surface area (Å²) in [5.74, 6) is 0.851. The van der Waals surface area contributed by atoms with Crippen molar-refractivity contribution in [1.82, 2.24) is 15.3 Å². The molecule has 0 aliphatic rings. The van der Waals surface area contributed by atoms with Crippen molar-refractivity contribution in [2.45, 2.75) is 33.4 Å². The summed E-state index contributed by atoms with van der Waals surface area (Å²) in [5, 5.41) is 3.33. The van der Waals surface area contributed by atoms with Crippen molar-refractivity contribution < 1.29 is 0 Å². The maximum absolute atomic E-state index is 4.49. The van der Waals surface area contributed by atoms with E-state index in [4.69, 9.17) is 0 Å². The van der Waals surface area contributed by atoms with Crippen LogP contribution in [0.15, 0.2) is 36.7 Å². The van der Waals surface area contributed by atoms with Crippen LogP contribution in [-0.2, 0) is 6.54 Å². The minimum absolute atomic E-state index is 0.450. The quantitative estimate of drug-likeness (QED) is 0.906. The highest BCUT2D eigenvalue weighted by atomic mass is 15.2. The Kier molecular flexibility index (Phi) is 4.69. The molecule has 0 atom stereocenters. The molecule has 0 aliphatic carbocycles. The van der Waals surface area contributed by atoms with Gasteiger partial charge < -0.3 is 10.2 Å². The van der Waals surface area contributed by atoms with Crippen LogP contribution in [0.5, 0.6) is 0 Å². The molecule has 20 heavy (non-hydrogen) atoms. The van der Waals surface area contributed by atoms with Crippen molar-refractivity contribution in [3.8, 4) is 0 Å². The maximum atomic E-state index is 4.49. The van der Waals surface area contributed by atoms with Crippen LogP contribution in [0.4, 0.5) is 11.5 Å². The van der Waals surface area contributed by atoms with E-state index < -0.39 is 0 Å². The predicted molar refractivity (Wildman–Crippen MR) is 83.2 cm³/mol. The highest BCUT2D eigenvalue weighted by Crippen LogP contribution is 2.21. The van der Waals surface area contributed by atoms with Gasteiger partial charge in [0.2, 0.25) is 0 Å². The molecular weight excluding hydrogens is 248 g/mol. The Morgan fingerprint density at radius 1 is 1.20 bits per heavy atom. The Bertz CT molecular complexity index is 549. The third-order valence-electron chi connectivity index (χ3n) is 3.12. The van der Waals surface area contributed by atoms with E-state index in [-0.39, 0.29) is 0 Å². The second kappa shape index (κ2) is 6.48. The van der Waals surface area contributed by atoms with Crippen molar-refractivity contribution in [1.29, 1.82) is 0 Å². The molecular formula is C16H22N4. The highest BCUT2D eigenvalue weighted by Gasteiger charge is 2.06. The lowest BCUT2D eigenvalue weighted by molar-refractivity contribution is 0.580. The number of nitrogens with zero attached hydrogens (tertiary/aromatic N) is 3. The molecule has 1 N–H and O–H groups in total. The predicted octanol–water partition coefficient (Wildman–Crippen LogP) is 3.05. The fraction of sp³-hybridized carbons (Fsp3) is 0.375. The van der Waals surface area contributed by atoms with Crippen LogP contribution in [-0.4, -0.2) is 23.1 Å². The Morgan fingerprint density at radius 2 is 2.00 bits per heavy atom. The second-order valence-corrected chi connectivity index (χ2v) is 5.30. The van der Waals surface area contributed by atoms with Gasteiger partial charge in [-0.1, -0.05) is 26.0 Å². The molecule has 106 valence electrons. The van der Waals surface area contributed by atoms with E-state index in [0.29, 0.717) is 6.04 Å². The summed E-state index contributed by atoms with van der Waals surface area (Å²) in [6, 6.07) is 8.80. The van der Waals surface area contributed by atoms with Crippen LogP contribution in [0.25, 0.3) is 0 Å². The summed E-state index contributed by atoms with van der Waals surface area (Å²) in [4.78, 5) is 11.0. The van der Waals surface area contributed by atoms with Crippen LogP contribution in [0, 0.1) is 6.92 Å². The number of anilines is 2. The lowest BCUT2D eigenvalue weighted by atomic mass is 10.2. The molecule has 0 saturated carbocycles. The van der Waals surface area contributed by atoms with Gasteiger partial charge >= 0.3 is 0 Å². The Hall–Kier alpha value is -1.94. The molecule has 1 aromatic carbocycles. The van der Waals surface area contributed by atoms with Crippen molar-refractivity contribution >= 4 is 11.5 Å². The molecule has 2 rings (SSSR count). The van der Waals surface area contributed by atoms with E-state index in [1.807, 2.05) is 24.3 Å². The van der Waals surface area contributed by atoms with E-state index in [1.165, 1.54) is 5.56 Å². The first-order valence-electron chi connectivity index (χ1n) is 6.91. The van der Waals surface area contributed by atoms with Crippen LogP contribution >= 0.6 is 0 Å². The summed E-state index contributed by atoms with van der Waals surface area (Å²) >= 11 is 0. The first kappa shape index (κ1) is 14.5. The molecule has 1 heterocycles. The molecule has 0 radical (unpaired) electrons. The van der Waals surface area contributed by atoms with Crippen LogP contribution < -0.4 is 10.2 Å². The second-order valence-electron chi connectivity index (χ2n) is 5.30. The minimum atomic E-state index is 0.450. The molecule has 0 saturated heterocycles. The van der Waals surface area contributed by atoms with Gasteiger partial charge in [0, 0.05) is 25.3 Å². The molecule has 0 bridgehead atoms. The lowest BCUT2D eigenvalue weighted by Gasteiger charge is -2.18. The Labute approximate surface area is 120 Å². The topological polar surface area (TPSA) is 41.1 Å². The number of nitrogens with one attached hydrogen (secondary N) is 1. The zero-order valence-corrected chi connectivity index (χ0v) is 12.6. The third-order valence-corrected chi connectivity index (χ3v) is 3.12. The molecule has 0 amide bonds. The van der Waals surface area contributed by atoms with Gasteiger partial charge in [-0.25, -0.2) is 4.98 Å². The van der Waals surface area contributed by atoms with Gasteiger partial charge in [0.05, 0.1) is 18.1 Å². The molecule has 4 nitrogen and oxygen atoms in total. The van der Waals surface area contributed by atoms with E-state index in [1.54, 1.807) is 0 Å². The number of benzene rings is 1. The standard InChI is InChI=1S/C16H22N4/c1-12(2)17-9-14-10-19-16(11-18-14)20(4)15-7-5-6-13(3)8-15/h5-8,10-12,17H,9H2,1-4H3. The third kappa shape index (κ3) is 3.78. The fourth-order valence-corrected chi connectivity index (χ4v) is 1.89. The summed E-state index contributed by atoms with van der Waals surface area (Å²) in [5.41, 5.74) is 3.31. The molecule has 4 heteroatoms. The number of rotatable bonds is 5. The summed E-state index contributed by atoms with van der Waals surface area (Å²) in [6.07, 6.45) is 3.65. The van der Waals surface area contributed by atoms with Gasteiger partial charge in [0.15, 0.2) is 5.82 Å². The highest BCUT2D eigenvalue weighted by molar-refractivity contribution is 5.58. The normalized spacial score (nSPS) is 10.8. The van der Waals surface area contributed by atoms with Crippen molar-refractivity contribution in [2.75, 3.05) is 11.9 Å². The largest absolute Gasteiger partial charge is 0.328 e. The van der Waals surface area contributed by atoms with E-state index in [2.05, 4.69) is 60.3 Å². The molecule has 2 aromatic rings. The number of aryl methyl sites for hydroxylation is 1. The maximum Gasteiger partial charge on any atom is 0.151 e. The molecule has 1 aromatic heterocycles. The van der Waals surface area contributed by atoms with Gasteiger partial charge in [-0.15, -0.1) is 0 Å². The van der Waals surface area contributed by atoms with Crippen molar-refractivity contribution in [3.63, 3.8) is 0 Å². The molecule has 0 unspecified atom stereocenters. The van der Waals surface area contributed by atoms with Gasteiger partial charge in [0.25, 0.3) is 0 Å². The molecule has 0 aliphatic heterocycles. The lowest BCUT2D eigenvalue weighted by Crippen LogP contribution is -2.22. The fourth-order valence-electron chi connectivity index (χ4n) is 1.89. The van der Waals surface area contributed by atoms with Crippen LogP contribution in [0.1, 0.15) is 25.1 Å². The minimum Gasteiger partial charge on any atom is -0.328 e. The first-order valence-corrected chi connectivity index (χ1v) is 6.91. The van der Waals surface area contributed by atoms with E-state index in [9.17, 15) is 0 Å². The van der Waals surface area contributed by atoms with Gasteiger partial charge in [0.1, 0.15) is 0 Å². The SMILES string of the molecule is Cc1cccc(N(C)c2cnc(CNC(C)C)cn2)c1. The zero-order chi connectivity index (χ0) is 14.5. The van der Waals surface area contributed by atoms with E-state index in [0.717, 1.165) is 23.7 Å². The van der Waals surface area contributed by atoms with E-state index >= 15 is 0 Å². The monoisotopic (exact) mass is 270 g/mol. The Balaban J connectivity index is 2.09. The summed E-state index contributed by atoms with van der Waals surface area (Å²) < 4.78 is 0. The number of hydrogen-bond acceptors (Lipinski definition) is 4. The number of hydrogen-bond donors (Lipinski definition) is 1. The summed E-state index contributed by atoms with van der Waals surface area (Å²) in [6.45, 7) is 7.07. The van der Waals surface area contributed by atoms with Crippen molar-refractivity contribution in [3.05, 3.63) is 47.9 Å². The molecule has 0 spiro atoms. The number of aromatic nitrogens is 2. The average Bonchev–Trinajstić information content (AvgIpc) is 2.45. The van der Waals surface area contributed by atoms with Gasteiger partial charge in [-0.3, -0.25) is 4.98 Å². The molecule has 0 fully saturated rings. The van der Waals surface area contributed by atoms with Gasteiger partial charge in [-0.05, 0) is 24.6 Å². The zero-order valence-electron chi connectivity index (χ0n) is 12.6. The van der Waals surface area contributed by atoms with Gasteiger partial charge in [-0.2, -0.15) is 0 Å². The van der Waals surface area contributed by atoms with Crippen LogP contribution in [0.2, 0.25) is 0 Å². The Morgan fingerprint density at radius 3 is 2.60 bits per heavy atom.